The summed E-state index contributed by atoms with van der Waals surface area (Å²) >= 11 is 0. The average Bonchev–Trinajstić information content (AvgIpc) is 2.18. The lowest BCUT2D eigenvalue weighted by Gasteiger charge is -2.10. The number of nitrogens with one attached hydrogen (secondary N) is 1. The lowest BCUT2D eigenvalue weighted by Crippen LogP contribution is -2.09. The Morgan fingerprint density at radius 1 is 1.53 bits per heavy atom. The molecular weight excluding hydrogens is 188 g/mol. The number of hydrogen-bond donors (Lipinski definition) is 2. The molecule has 1 amide bonds. The second kappa shape index (κ2) is 5.32. The van der Waals surface area contributed by atoms with Crippen LogP contribution in [-0.4, -0.2) is 5.91 Å². The van der Waals surface area contributed by atoms with Crippen molar-refractivity contribution in [2.24, 2.45) is 5.73 Å². The molecule has 0 aliphatic carbocycles. The molecule has 0 unspecified atom stereocenters. The minimum Gasteiger partial charge on any atom is -0.326 e. The van der Waals surface area contributed by atoms with E-state index in [1.165, 1.54) is 6.92 Å². The predicted molar refractivity (Wildman–Crippen MR) is 62.5 cm³/mol. The Kier molecular flexibility index (Phi) is 4.06. The third-order valence-corrected chi connectivity index (χ3v) is 2.08. The quantitative estimate of drug-likeness (QED) is 0.739. The summed E-state index contributed by atoms with van der Waals surface area (Å²) in [4.78, 5) is 10.8. The fourth-order valence-corrected chi connectivity index (χ4v) is 1.33. The van der Waals surface area contributed by atoms with Crippen molar-refractivity contribution < 1.29 is 4.79 Å². The molecule has 80 valence electrons. The molecule has 0 bridgehead atoms. The molecule has 0 aliphatic heterocycles. The summed E-state index contributed by atoms with van der Waals surface area (Å²) in [6.07, 6.45) is 2.55. The zero-order chi connectivity index (χ0) is 11.3. The lowest BCUT2D eigenvalue weighted by molar-refractivity contribution is -0.114. The van der Waals surface area contributed by atoms with Gasteiger partial charge in [0.05, 0.1) is 0 Å². The van der Waals surface area contributed by atoms with Crippen molar-refractivity contribution in [2.75, 3.05) is 5.32 Å². The van der Waals surface area contributed by atoms with Gasteiger partial charge in [-0.05, 0) is 24.1 Å². The van der Waals surface area contributed by atoms with Gasteiger partial charge in [-0.3, -0.25) is 4.79 Å². The first-order chi connectivity index (χ1) is 7.13. The maximum Gasteiger partial charge on any atom is 0.221 e. The van der Waals surface area contributed by atoms with E-state index < -0.39 is 0 Å². The first-order valence-electron chi connectivity index (χ1n) is 4.87. The van der Waals surface area contributed by atoms with Gasteiger partial charge in [0.15, 0.2) is 0 Å². The zero-order valence-corrected chi connectivity index (χ0v) is 8.86. The van der Waals surface area contributed by atoms with Gasteiger partial charge in [0, 0.05) is 18.7 Å². The van der Waals surface area contributed by atoms with Gasteiger partial charge in [-0.1, -0.05) is 18.2 Å². The molecule has 3 nitrogen and oxygen atoms in total. The highest BCUT2D eigenvalue weighted by molar-refractivity contribution is 5.88. The fourth-order valence-electron chi connectivity index (χ4n) is 1.33. The predicted octanol–water partition coefficient (Wildman–Crippen LogP) is 2.22. The molecule has 3 heteroatoms. The maximum atomic E-state index is 10.8. The smallest absolute Gasteiger partial charge is 0.221 e. The third kappa shape index (κ3) is 3.56. The van der Waals surface area contributed by atoms with E-state index in [1.807, 2.05) is 24.3 Å². The number of anilines is 1. The highest BCUT2D eigenvalue weighted by Gasteiger charge is 2.03. The van der Waals surface area contributed by atoms with Crippen LogP contribution in [0.2, 0.25) is 0 Å². The van der Waals surface area contributed by atoms with Crippen LogP contribution >= 0.6 is 0 Å². The Hall–Kier alpha value is -1.61. The molecule has 0 spiro atoms. The van der Waals surface area contributed by atoms with Crippen LogP contribution in [0.1, 0.15) is 24.9 Å². The van der Waals surface area contributed by atoms with E-state index in [-0.39, 0.29) is 11.9 Å². The molecule has 15 heavy (non-hydrogen) atoms. The SMILES string of the molecule is C=CC[C@H](N)c1ccc(NC(C)=O)cc1. The molecule has 1 aromatic rings. The molecule has 3 N–H and O–H groups in total. The number of benzene rings is 1. The Bertz CT molecular complexity index is 343. The number of amides is 1. The van der Waals surface area contributed by atoms with E-state index >= 15 is 0 Å². The molecule has 0 aromatic heterocycles. The largest absolute Gasteiger partial charge is 0.326 e. The summed E-state index contributed by atoms with van der Waals surface area (Å²) in [6, 6.07) is 7.51. The van der Waals surface area contributed by atoms with Crippen molar-refractivity contribution in [3.8, 4) is 0 Å². The molecule has 0 saturated heterocycles. The van der Waals surface area contributed by atoms with Crippen molar-refractivity contribution in [3.05, 3.63) is 42.5 Å². The van der Waals surface area contributed by atoms with E-state index in [4.69, 9.17) is 5.73 Å². The average molecular weight is 204 g/mol. The minimum absolute atomic E-state index is 0.0196. The van der Waals surface area contributed by atoms with Crippen LogP contribution in [0.25, 0.3) is 0 Å². The van der Waals surface area contributed by atoms with E-state index in [2.05, 4.69) is 11.9 Å². The summed E-state index contributed by atoms with van der Waals surface area (Å²) < 4.78 is 0. The standard InChI is InChI=1S/C12H16N2O/c1-3-4-12(13)10-5-7-11(8-6-10)14-9(2)15/h3,5-8,12H,1,4,13H2,2H3,(H,14,15)/t12-/m0/s1. The van der Waals surface area contributed by atoms with Crippen LogP contribution in [0.3, 0.4) is 0 Å². The topological polar surface area (TPSA) is 55.1 Å². The van der Waals surface area contributed by atoms with E-state index in [0.717, 1.165) is 17.7 Å². The van der Waals surface area contributed by atoms with Crippen molar-refractivity contribution in [3.63, 3.8) is 0 Å². The third-order valence-electron chi connectivity index (χ3n) is 2.08. The first-order valence-corrected chi connectivity index (χ1v) is 4.87. The molecule has 0 aliphatic rings. The van der Waals surface area contributed by atoms with E-state index in [0.29, 0.717) is 0 Å². The summed E-state index contributed by atoms with van der Waals surface area (Å²) in [6.45, 7) is 5.13. The van der Waals surface area contributed by atoms with Crippen LogP contribution in [0.5, 0.6) is 0 Å². The van der Waals surface area contributed by atoms with Crippen LogP contribution in [-0.2, 0) is 4.79 Å². The molecule has 1 rings (SSSR count). The molecule has 0 radical (unpaired) electrons. The van der Waals surface area contributed by atoms with Gasteiger partial charge in [-0.25, -0.2) is 0 Å². The van der Waals surface area contributed by atoms with Crippen molar-refractivity contribution in [1.29, 1.82) is 0 Å². The summed E-state index contributed by atoms with van der Waals surface area (Å²) in [7, 11) is 0. The molecular formula is C12H16N2O. The van der Waals surface area contributed by atoms with E-state index in [9.17, 15) is 4.79 Å². The molecule has 0 saturated carbocycles. The molecule has 0 fully saturated rings. The van der Waals surface area contributed by atoms with Gasteiger partial charge in [-0.15, -0.1) is 6.58 Å². The summed E-state index contributed by atoms with van der Waals surface area (Å²) in [5, 5.41) is 2.70. The lowest BCUT2D eigenvalue weighted by atomic mass is 10.0. The van der Waals surface area contributed by atoms with Gasteiger partial charge in [0.2, 0.25) is 5.91 Å². The summed E-state index contributed by atoms with van der Waals surface area (Å²) in [5.74, 6) is -0.0712. The Morgan fingerprint density at radius 3 is 2.60 bits per heavy atom. The van der Waals surface area contributed by atoms with Gasteiger partial charge in [-0.2, -0.15) is 0 Å². The highest BCUT2D eigenvalue weighted by Crippen LogP contribution is 2.17. The maximum absolute atomic E-state index is 10.8. The van der Waals surface area contributed by atoms with Gasteiger partial charge in [0.25, 0.3) is 0 Å². The Balaban J connectivity index is 2.71. The van der Waals surface area contributed by atoms with Gasteiger partial charge in [0.1, 0.15) is 0 Å². The molecule has 0 heterocycles. The molecule has 1 aromatic carbocycles. The number of rotatable bonds is 4. The van der Waals surface area contributed by atoms with Crippen molar-refractivity contribution in [1.82, 2.24) is 0 Å². The number of carbonyl (C=O) groups excluding carboxylic acids is 1. The highest BCUT2D eigenvalue weighted by atomic mass is 16.1. The number of hydrogen-bond acceptors (Lipinski definition) is 2. The Labute approximate surface area is 90.0 Å². The zero-order valence-electron chi connectivity index (χ0n) is 8.86. The normalized spacial score (nSPS) is 11.9. The Morgan fingerprint density at radius 2 is 2.13 bits per heavy atom. The van der Waals surface area contributed by atoms with Crippen molar-refractivity contribution in [2.45, 2.75) is 19.4 Å². The summed E-state index contributed by atoms with van der Waals surface area (Å²) in [5.41, 5.74) is 7.73. The van der Waals surface area contributed by atoms with Crippen molar-refractivity contribution >= 4 is 11.6 Å². The number of carbonyl (C=O) groups is 1. The van der Waals surface area contributed by atoms with E-state index in [1.54, 1.807) is 6.08 Å². The monoisotopic (exact) mass is 204 g/mol. The van der Waals surface area contributed by atoms with Crippen LogP contribution in [0.4, 0.5) is 5.69 Å². The van der Waals surface area contributed by atoms with Gasteiger partial charge >= 0.3 is 0 Å². The minimum atomic E-state index is -0.0712. The van der Waals surface area contributed by atoms with Crippen LogP contribution in [0.15, 0.2) is 36.9 Å². The fraction of sp³-hybridized carbons (Fsp3) is 0.250. The first kappa shape index (κ1) is 11.5. The number of nitrogens with two attached hydrogens (primary N) is 1. The second-order valence-electron chi connectivity index (χ2n) is 3.43. The molecule has 1 atom stereocenters. The van der Waals surface area contributed by atoms with Gasteiger partial charge < -0.3 is 11.1 Å². The van der Waals surface area contributed by atoms with Crippen LogP contribution < -0.4 is 11.1 Å². The van der Waals surface area contributed by atoms with Crippen LogP contribution in [0, 0.1) is 0 Å². The second-order valence-corrected chi connectivity index (χ2v) is 3.43.